The molecule has 32 heavy (non-hydrogen) atoms. The molecule has 1 amide bonds. The number of methoxy groups -OCH3 is 1. The number of hydrogen-bond acceptors (Lipinski definition) is 7. The number of ether oxygens (including phenoxy) is 2. The van der Waals surface area contributed by atoms with Gasteiger partial charge in [0.05, 0.1) is 19.9 Å². The molecule has 8 heteroatoms. The van der Waals surface area contributed by atoms with Gasteiger partial charge < -0.3 is 25.0 Å². The first-order valence-corrected chi connectivity index (χ1v) is 10.8. The molecular weight excluding hydrogens is 410 g/mol. The summed E-state index contributed by atoms with van der Waals surface area (Å²) in [7, 11) is 1.58. The molecule has 0 spiro atoms. The Balaban J connectivity index is 1.71. The maximum Gasteiger partial charge on any atom is 0.248 e. The van der Waals surface area contributed by atoms with Gasteiger partial charge in [-0.3, -0.25) is 9.80 Å². The Morgan fingerprint density at radius 3 is 2.72 bits per heavy atom. The van der Waals surface area contributed by atoms with Crippen LogP contribution in [0.15, 0.2) is 41.5 Å². The predicted molar refractivity (Wildman–Crippen MR) is 124 cm³/mol. The van der Waals surface area contributed by atoms with Crippen LogP contribution in [0.25, 0.3) is 0 Å². The van der Waals surface area contributed by atoms with Crippen molar-refractivity contribution in [3.05, 3.63) is 42.0 Å². The Hall–Kier alpha value is -3.42. The van der Waals surface area contributed by atoms with Crippen LogP contribution in [-0.4, -0.2) is 53.6 Å². The number of nitrogens with one attached hydrogen (secondary N) is 1. The van der Waals surface area contributed by atoms with Crippen LogP contribution in [0, 0.1) is 5.92 Å². The molecule has 2 aromatic rings. The van der Waals surface area contributed by atoms with E-state index < -0.39 is 6.04 Å². The van der Waals surface area contributed by atoms with Crippen molar-refractivity contribution in [1.82, 2.24) is 5.01 Å². The molecule has 3 N–H and O–H groups in total. The third-order valence-electron chi connectivity index (χ3n) is 5.14. The minimum atomic E-state index is -0.409. The second-order valence-electron chi connectivity index (χ2n) is 8.23. The smallest absolute Gasteiger partial charge is 0.248 e. The van der Waals surface area contributed by atoms with Crippen molar-refractivity contribution in [3.63, 3.8) is 0 Å². The van der Waals surface area contributed by atoms with Gasteiger partial charge in [-0.05, 0) is 61.1 Å². The SMILES string of the molecule is COc1ccc(NC(=O)C2CCCCN2N=Cc2ccc(O)c(O)c2)cc1OCC(C)C. The van der Waals surface area contributed by atoms with E-state index in [9.17, 15) is 15.0 Å². The summed E-state index contributed by atoms with van der Waals surface area (Å²) in [6, 6.07) is 9.40. The van der Waals surface area contributed by atoms with Crippen LogP contribution in [0.5, 0.6) is 23.0 Å². The van der Waals surface area contributed by atoms with E-state index in [0.29, 0.717) is 48.2 Å². The normalized spacial score (nSPS) is 16.4. The summed E-state index contributed by atoms with van der Waals surface area (Å²) in [5, 5.41) is 28.3. The first-order valence-electron chi connectivity index (χ1n) is 10.8. The van der Waals surface area contributed by atoms with Crippen molar-refractivity contribution >= 4 is 17.8 Å². The monoisotopic (exact) mass is 441 g/mol. The number of aromatic hydroxyl groups is 2. The fraction of sp³-hybridized carbons (Fsp3) is 0.417. The van der Waals surface area contributed by atoms with Crippen LogP contribution in [0.2, 0.25) is 0 Å². The Labute approximate surface area is 188 Å². The van der Waals surface area contributed by atoms with Gasteiger partial charge in [-0.2, -0.15) is 5.10 Å². The molecule has 1 aliphatic heterocycles. The van der Waals surface area contributed by atoms with E-state index in [1.807, 2.05) is 0 Å². The average Bonchev–Trinajstić information content (AvgIpc) is 2.78. The minimum absolute atomic E-state index is 0.143. The quantitative estimate of drug-likeness (QED) is 0.423. The van der Waals surface area contributed by atoms with Crippen molar-refractivity contribution in [1.29, 1.82) is 0 Å². The standard InChI is InChI=1S/C24H31N3O5/c1-16(2)15-32-23-13-18(8-10-22(23)31-3)26-24(30)19-6-4-5-11-27(19)25-14-17-7-9-20(28)21(29)12-17/h7-10,12-14,16,19,28-29H,4-6,11,15H2,1-3H3,(H,26,30). The molecule has 0 aliphatic carbocycles. The summed E-state index contributed by atoms with van der Waals surface area (Å²) >= 11 is 0. The van der Waals surface area contributed by atoms with Crippen LogP contribution in [-0.2, 0) is 4.79 Å². The molecule has 1 atom stereocenters. The van der Waals surface area contributed by atoms with E-state index in [-0.39, 0.29) is 17.4 Å². The van der Waals surface area contributed by atoms with Gasteiger partial charge in [0, 0.05) is 18.3 Å². The van der Waals surface area contributed by atoms with Gasteiger partial charge in [0.2, 0.25) is 5.91 Å². The number of benzene rings is 2. The molecule has 0 saturated carbocycles. The molecule has 0 aromatic heterocycles. The van der Waals surface area contributed by atoms with Crippen LogP contribution in [0.1, 0.15) is 38.7 Å². The van der Waals surface area contributed by atoms with E-state index in [1.54, 1.807) is 42.6 Å². The lowest BCUT2D eigenvalue weighted by Gasteiger charge is -2.32. The molecule has 2 aromatic carbocycles. The second kappa shape index (κ2) is 10.7. The third-order valence-corrected chi connectivity index (χ3v) is 5.14. The van der Waals surface area contributed by atoms with Crippen molar-refractivity contribution in [2.45, 2.75) is 39.2 Å². The number of anilines is 1. The summed E-state index contributed by atoms with van der Waals surface area (Å²) in [6.45, 7) is 5.33. The van der Waals surface area contributed by atoms with E-state index in [2.05, 4.69) is 24.3 Å². The van der Waals surface area contributed by atoms with Crippen LogP contribution in [0.4, 0.5) is 5.69 Å². The van der Waals surface area contributed by atoms with Gasteiger partial charge in [0.15, 0.2) is 23.0 Å². The zero-order valence-electron chi connectivity index (χ0n) is 18.7. The fourth-order valence-electron chi connectivity index (χ4n) is 3.43. The highest BCUT2D eigenvalue weighted by atomic mass is 16.5. The number of piperidine rings is 1. The van der Waals surface area contributed by atoms with E-state index >= 15 is 0 Å². The lowest BCUT2D eigenvalue weighted by molar-refractivity contribution is -0.122. The lowest BCUT2D eigenvalue weighted by Crippen LogP contribution is -2.44. The Bertz CT molecular complexity index is 961. The van der Waals surface area contributed by atoms with E-state index in [4.69, 9.17) is 9.47 Å². The van der Waals surface area contributed by atoms with Gasteiger partial charge in [-0.1, -0.05) is 13.8 Å². The van der Waals surface area contributed by atoms with E-state index in [0.717, 1.165) is 12.8 Å². The number of phenolic OH excluding ortho intramolecular Hbond substituents is 2. The third kappa shape index (κ3) is 6.06. The van der Waals surface area contributed by atoms with Gasteiger partial charge in [-0.25, -0.2) is 0 Å². The topological polar surface area (TPSA) is 104 Å². The first kappa shape index (κ1) is 23.2. The Morgan fingerprint density at radius 2 is 2.00 bits per heavy atom. The molecule has 8 nitrogen and oxygen atoms in total. The minimum Gasteiger partial charge on any atom is -0.504 e. The van der Waals surface area contributed by atoms with Crippen molar-refractivity contribution in [2.24, 2.45) is 11.0 Å². The van der Waals surface area contributed by atoms with E-state index in [1.165, 1.54) is 12.1 Å². The molecule has 1 saturated heterocycles. The number of hydrazone groups is 1. The summed E-state index contributed by atoms with van der Waals surface area (Å²) in [4.78, 5) is 13.0. The Morgan fingerprint density at radius 1 is 1.19 bits per heavy atom. The number of nitrogens with zero attached hydrogens (tertiary/aromatic N) is 2. The maximum absolute atomic E-state index is 13.0. The van der Waals surface area contributed by atoms with Crippen molar-refractivity contribution in [3.8, 4) is 23.0 Å². The largest absolute Gasteiger partial charge is 0.504 e. The van der Waals surface area contributed by atoms with Crippen molar-refractivity contribution in [2.75, 3.05) is 25.6 Å². The number of amides is 1. The van der Waals surface area contributed by atoms with Gasteiger partial charge in [0.1, 0.15) is 6.04 Å². The first-order chi connectivity index (χ1) is 15.4. The van der Waals surface area contributed by atoms with Gasteiger partial charge in [-0.15, -0.1) is 0 Å². The molecule has 0 radical (unpaired) electrons. The summed E-state index contributed by atoms with van der Waals surface area (Å²) < 4.78 is 11.2. The highest BCUT2D eigenvalue weighted by Crippen LogP contribution is 2.31. The number of carbonyl (C=O) groups is 1. The molecule has 1 unspecified atom stereocenters. The van der Waals surface area contributed by atoms with Crippen LogP contribution < -0.4 is 14.8 Å². The number of rotatable bonds is 8. The maximum atomic E-state index is 13.0. The van der Waals surface area contributed by atoms with Gasteiger partial charge in [0.25, 0.3) is 0 Å². The predicted octanol–water partition coefficient (Wildman–Crippen LogP) is 3.97. The highest BCUT2D eigenvalue weighted by Gasteiger charge is 2.28. The zero-order chi connectivity index (χ0) is 23.1. The lowest BCUT2D eigenvalue weighted by atomic mass is 10.0. The molecule has 0 bridgehead atoms. The number of hydrogen-bond donors (Lipinski definition) is 3. The summed E-state index contributed by atoms with van der Waals surface area (Å²) in [5.41, 5.74) is 1.26. The second-order valence-corrected chi connectivity index (χ2v) is 8.23. The Kier molecular flexibility index (Phi) is 7.81. The average molecular weight is 442 g/mol. The highest BCUT2D eigenvalue weighted by molar-refractivity contribution is 5.95. The summed E-state index contributed by atoms with van der Waals surface area (Å²) in [6.07, 6.45) is 4.15. The van der Waals surface area contributed by atoms with Crippen LogP contribution >= 0.6 is 0 Å². The molecule has 1 heterocycles. The molecule has 1 fully saturated rings. The van der Waals surface area contributed by atoms with Crippen molar-refractivity contribution < 1.29 is 24.5 Å². The molecular formula is C24H31N3O5. The number of phenols is 2. The number of carbonyl (C=O) groups excluding carboxylic acids is 1. The fourth-order valence-corrected chi connectivity index (χ4v) is 3.43. The molecule has 172 valence electrons. The molecule has 1 aliphatic rings. The van der Waals surface area contributed by atoms with Gasteiger partial charge >= 0.3 is 0 Å². The zero-order valence-corrected chi connectivity index (χ0v) is 18.7. The molecule has 3 rings (SSSR count). The summed E-state index contributed by atoms with van der Waals surface area (Å²) in [5.74, 6) is 1.03. The van der Waals surface area contributed by atoms with Crippen LogP contribution in [0.3, 0.4) is 0 Å².